The molecular formula is C26H26Cl2FN3O2S. The van der Waals surface area contributed by atoms with Crippen LogP contribution in [0.5, 0.6) is 0 Å². The zero-order chi connectivity index (χ0) is 25.7. The van der Waals surface area contributed by atoms with E-state index < -0.39 is 17.6 Å². The van der Waals surface area contributed by atoms with Crippen LogP contribution in [0.1, 0.15) is 57.6 Å². The average Bonchev–Trinajstić information content (AvgIpc) is 2.76. The maximum Gasteiger partial charge on any atom is 0.270 e. The number of carbonyl (C=O) groups excluding carboxylic acids is 2. The van der Waals surface area contributed by atoms with E-state index in [9.17, 15) is 9.59 Å². The molecule has 0 radical (unpaired) electrons. The van der Waals surface area contributed by atoms with Crippen molar-refractivity contribution in [1.29, 1.82) is 0 Å². The van der Waals surface area contributed by atoms with Gasteiger partial charge in [0.25, 0.3) is 11.8 Å². The van der Waals surface area contributed by atoms with Gasteiger partial charge in [-0.1, -0.05) is 37.0 Å². The molecule has 1 saturated heterocycles. The predicted molar refractivity (Wildman–Crippen MR) is 144 cm³/mol. The van der Waals surface area contributed by atoms with Crippen molar-refractivity contribution in [3.8, 4) is 0 Å². The van der Waals surface area contributed by atoms with E-state index in [1.807, 2.05) is 0 Å². The van der Waals surface area contributed by atoms with Crippen LogP contribution < -0.4 is 15.1 Å². The predicted octanol–water partition coefficient (Wildman–Crippen LogP) is 6.47. The lowest BCUT2D eigenvalue weighted by Crippen LogP contribution is -2.54. The Kier molecular flexibility index (Phi) is 6.97. The maximum atomic E-state index is 15.4. The summed E-state index contributed by atoms with van der Waals surface area (Å²) < 4.78 is 15.4. The van der Waals surface area contributed by atoms with Crippen molar-refractivity contribution in [3.63, 3.8) is 0 Å². The third-order valence-corrected chi connectivity index (χ3v) is 7.54. The molecule has 2 heterocycles. The minimum atomic E-state index is -0.685. The van der Waals surface area contributed by atoms with Crippen molar-refractivity contribution in [2.24, 2.45) is 0 Å². The van der Waals surface area contributed by atoms with Crippen molar-refractivity contribution >= 4 is 69.8 Å². The van der Waals surface area contributed by atoms with E-state index in [2.05, 4.69) is 37.9 Å². The van der Waals surface area contributed by atoms with Crippen molar-refractivity contribution < 1.29 is 14.0 Å². The number of hydrogen-bond acceptors (Lipinski definition) is 4. The minimum absolute atomic E-state index is 0.0903. The van der Waals surface area contributed by atoms with Gasteiger partial charge in [0.05, 0.1) is 15.7 Å². The van der Waals surface area contributed by atoms with E-state index in [0.717, 1.165) is 35.5 Å². The highest BCUT2D eigenvalue weighted by Gasteiger charge is 2.38. The molecule has 0 aromatic heterocycles. The molecule has 35 heavy (non-hydrogen) atoms. The Labute approximate surface area is 219 Å². The van der Waals surface area contributed by atoms with E-state index in [4.69, 9.17) is 35.4 Å². The van der Waals surface area contributed by atoms with Gasteiger partial charge in [-0.05, 0) is 86.8 Å². The molecule has 1 unspecified atom stereocenters. The van der Waals surface area contributed by atoms with Crippen LogP contribution in [-0.2, 0) is 9.59 Å². The molecule has 0 bridgehead atoms. The molecule has 0 aliphatic carbocycles. The van der Waals surface area contributed by atoms with Crippen LogP contribution in [0.3, 0.4) is 0 Å². The molecule has 1 atom stereocenters. The van der Waals surface area contributed by atoms with E-state index in [-0.39, 0.29) is 32.7 Å². The molecule has 0 spiro atoms. The van der Waals surface area contributed by atoms with Gasteiger partial charge >= 0.3 is 0 Å². The highest BCUT2D eigenvalue weighted by Crippen LogP contribution is 2.44. The molecule has 2 aromatic carbocycles. The van der Waals surface area contributed by atoms with Gasteiger partial charge in [-0.25, -0.2) is 4.39 Å². The zero-order valence-electron chi connectivity index (χ0n) is 19.9. The molecule has 184 valence electrons. The third-order valence-electron chi connectivity index (χ3n) is 6.51. The number of rotatable bonds is 4. The van der Waals surface area contributed by atoms with Gasteiger partial charge < -0.3 is 4.90 Å². The highest BCUT2D eigenvalue weighted by atomic mass is 35.5. The smallest absolute Gasteiger partial charge is 0.270 e. The molecular weight excluding hydrogens is 508 g/mol. The van der Waals surface area contributed by atoms with Crippen LogP contribution in [0.15, 0.2) is 35.9 Å². The lowest BCUT2D eigenvalue weighted by Gasteiger charge is -2.47. The molecule has 9 heteroatoms. The van der Waals surface area contributed by atoms with Crippen LogP contribution in [0.2, 0.25) is 10.0 Å². The number of hydrogen-bond donors (Lipinski definition) is 1. The van der Waals surface area contributed by atoms with Gasteiger partial charge in [0.15, 0.2) is 5.11 Å². The molecule has 1 N–H and O–H groups in total. The summed E-state index contributed by atoms with van der Waals surface area (Å²) in [7, 11) is 0. The normalized spacial score (nSPS) is 20.8. The number of nitrogens with one attached hydrogen (secondary N) is 1. The Morgan fingerprint density at radius 2 is 1.91 bits per heavy atom. The number of anilines is 2. The summed E-state index contributed by atoms with van der Waals surface area (Å²) in [6.45, 7) is 9.36. The monoisotopic (exact) mass is 533 g/mol. The Balaban J connectivity index is 1.77. The Hall–Kier alpha value is -2.48. The number of amides is 2. The van der Waals surface area contributed by atoms with Crippen LogP contribution in [0.25, 0.3) is 6.08 Å². The maximum absolute atomic E-state index is 15.4. The van der Waals surface area contributed by atoms with Crippen LogP contribution >= 0.6 is 35.4 Å². The van der Waals surface area contributed by atoms with Crippen molar-refractivity contribution in [2.45, 2.75) is 52.0 Å². The fourth-order valence-electron chi connectivity index (χ4n) is 4.95. The quantitative estimate of drug-likeness (QED) is 0.278. The number of halogens is 3. The summed E-state index contributed by atoms with van der Waals surface area (Å²) in [5.74, 6) is -1.68. The molecule has 4 rings (SSSR count). The number of carbonyl (C=O) groups is 2. The summed E-state index contributed by atoms with van der Waals surface area (Å²) >= 11 is 17.3. The third kappa shape index (κ3) is 4.69. The zero-order valence-corrected chi connectivity index (χ0v) is 22.2. The summed E-state index contributed by atoms with van der Waals surface area (Å²) in [5, 5.41) is 2.97. The largest absolute Gasteiger partial charge is 0.366 e. The first-order valence-corrected chi connectivity index (χ1v) is 12.6. The van der Waals surface area contributed by atoms with Gasteiger partial charge in [0.1, 0.15) is 11.4 Å². The SMILES string of the molecule is CCCN1c2cc(F)c(/C=C3/C(=O)NC(=S)N(c4ccc(Cl)c(Cl)c4)C3=O)cc2C(C)CC1(C)C. The second-order valence-corrected chi connectivity index (χ2v) is 10.8. The van der Waals surface area contributed by atoms with Crippen molar-refractivity contribution in [2.75, 3.05) is 16.3 Å². The molecule has 0 saturated carbocycles. The van der Waals surface area contributed by atoms with Gasteiger partial charge in [-0.15, -0.1) is 0 Å². The molecule has 2 aliphatic rings. The molecule has 2 amide bonds. The summed E-state index contributed by atoms with van der Waals surface area (Å²) in [6, 6.07) is 7.84. The first kappa shape index (κ1) is 25.6. The molecule has 5 nitrogen and oxygen atoms in total. The average molecular weight is 534 g/mol. The minimum Gasteiger partial charge on any atom is -0.366 e. The van der Waals surface area contributed by atoms with Crippen LogP contribution in [0, 0.1) is 5.82 Å². The standard InChI is InChI=1S/C26H26Cl2FN3O2S/c1-5-8-31-22-12-21(29)15(9-17(22)14(2)13-26(31,3)4)10-18-23(33)30-25(35)32(24(18)34)16-6-7-19(27)20(28)11-16/h6-7,9-12,14H,5,8,13H2,1-4H3,(H,30,33,35)/b18-10-. The van der Waals surface area contributed by atoms with Gasteiger partial charge in [0.2, 0.25) is 0 Å². The molecule has 1 fully saturated rings. The molecule has 2 aromatic rings. The number of fused-ring (bicyclic) bond motifs is 1. The summed E-state index contributed by atoms with van der Waals surface area (Å²) in [6.07, 6.45) is 3.13. The van der Waals surface area contributed by atoms with E-state index in [1.54, 1.807) is 12.1 Å². The lowest BCUT2D eigenvalue weighted by molar-refractivity contribution is -0.122. The van der Waals surface area contributed by atoms with Gasteiger partial charge in [0, 0.05) is 23.3 Å². The highest BCUT2D eigenvalue weighted by molar-refractivity contribution is 7.80. The van der Waals surface area contributed by atoms with Crippen molar-refractivity contribution in [1.82, 2.24) is 5.32 Å². The Morgan fingerprint density at radius 1 is 1.20 bits per heavy atom. The van der Waals surface area contributed by atoms with Gasteiger partial charge in [-0.3, -0.25) is 19.8 Å². The summed E-state index contributed by atoms with van der Waals surface area (Å²) in [5.41, 5.74) is 2.03. The topological polar surface area (TPSA) is 52.7 Å². The Bertz CT molecular complexity index is 1280. The van der Waals surface area contributed by atoms with Crippen LogP contribution in [0.4, 0.5) is 15.8 Å². The fraction of sp³-hybridized carbons (Fsp3) is 0.346. The van der Waals surface area contributed by atoms with E-state index >= 15 is 4.39 Å². The van der Waals surface area contributed by atoms with E-state index in [0.29, 0.717) is 10.7 Å². The first-order chi connectivity index (χ1) is 16.4. The fourth-order valence-corrected chi connectivity index (χ4v) is 5.52. The van der Waals surface area contributed by atoms with Gasteiger partial charge in [-0.2, -0.15) is 0 Å². The lowest BCUT2D eigenvalue weighted by atomic mass is 9.79. The summed E-state index contributed by atoms with van der Waals surface area (Å²) in [4.78, 5) is 29.4. The van der Waals surface area contributed by atoms with Crippen molar-refractivity contribution in [3.05, 3.63) is 62.9 Å². The number of thiocarbonyl (C=S) groups is 1. The Morgan fingerprint density at radius 3 is 2.57 bits per heavy atom. The number of benzene rings is 2. The second-order valence-electron chi connectivity index (χ2n) is 9.56. The second kappa shape index (κ2) is 9.52. The number of nitrogens with zero attached hydrogens (tertiary/aromatic N) is 2. The van der Waals surface area contributed by atoms with Crippen LogP contribution in [-0.4, -0.2) is 29.0 Å². The molecule has 2 aliphatic heterocycles. The van der Waals surface area contributed by atoms with E-state index in [1.165, 1.54) is 24.3 Å². The first-order valence-electron chi connectivity index (χ1n) is 11.4.